The van der Waals surface area contributed by atoms with Gasteiger partial charge in [0, 0.05) is 62.2 Å². The van der Waals surface area contributed by atoms with Crippen molar-refractivity contribution in [1.29, 1.82) is 0 Å². The molecule has 7 rings (SSSR count). The third-order valence-electron chi connectivity index (χ3n) is 9.82. The average molecular weight is 707 g/mol. The van der Waals surface area contributed by atoms with Gasteiger partial charge < -0.3 is 29.6 Å². The van der Waals surface area contributed by atoms with E-state index in [1.165, 1.54) is 33.6 Å². The maximum atomic E-state index is 15.3. The highest BCUT2D eigenvalue weighted by atomic mass is 19.4. The summed E-state index contributed by atoms with van der Waals surface area (Å²) in [6.45, 7) is 0.571. The number of nitrogens with one attached hydrogen (secondary N) is 2. The summed E-state index contributed by atoms with van der Waals surface area (Å²) in [5.41, 5.74) is 0.236. The van der Waals surface area contributed by atoms with Gasteiger partial charge in [-0.05, 0) is 55.2 Å². The number of aryl methyl sites for hydroxylation is 1. The van der Waals surface area contributed by atoms with E-state index in [0.717, 1.165) is 43.5 Å². The topological polar surface area (TPSA) is 104 Å². The quantitative estimate of drug-likeness (QED) is 0.103. The molecule has 2 atom stereocenters. The Morgan fingerprint density at radius 1 is 1.08 bits per heavy atom. The molecule has 266 valence electrons. The third-order valence-corrected chi connectivity index (χ3v) is 9.82. The number of rotatable bonds is 7. The minimum absolute atomic E-state index is 0.00882. The lowest BCUT2D eigenvalue weighted by molar-refractivity contribution is -0.137. The first kappa shape index (κ1) is 34.4. The van der Waals surface area contributed by atoms with Gasteiger partial charge >= 0.3 is 6.18 Å². The predicted molar refractivity (Wildman–Crippen MR) is 183 cm³/mol. The second-order valence-electron chi connectivity index (χ2n) is 13.1. The number of hydrogen-bond donors (Lipinski definition) is 3. The van der Waals surface area contributed by atoms with Gasteiger partial charge in [0.2, 0.25) is 11.7 Å². The molecule has 1 amide bonds. The first-order valence-corrected chi connectivity index (χ1v) is 16.7. The minimum atomic E-state index is -4.72. The van der Waals surface area contributed by atoms with E-state index in [0.29, 0.717) is 47.2 Å². The minimum Gasteiger partial charge on any atom is -0.392 e. The van der Waals surface area contributed by atoms with Crippen molar-refractivity contribution >= 4 is 39.6 Å². The summed E-state index contributed by atoms with van der Waals surface area (Å²) in [6.07, 6.45) is 4.22. The van der Waals surface area contributed by atoms with Crippen LogP contribution in [0.1, 0.15) is 52.9 Å². The number of alkyl halides is 3. The zero-order valence-corrected chi connectivity index (χ0v) is 27.8. The molecule has 9 nitrogen and oxygen atoms in total. The van der Waals surface area contributed by atoms with Crippen LogP contribution in [0.3, 0.4) is 0 Å². The van der Waals surface area contributed by atoms with Crippen molar-refractivity contribution in [2.45, 2.75) is 50.4 Å². The van der Waals surface area contributed by atoms with Crippen LogP contribution in [0.25, 0.3) is 27.7 Å². The summed E-state index contributed by atoms with van der Waals surface area (Å²) in [7, 11) is 3.32. The number of pyridine rings is 1. The summed E-state index contributed by atoms with van der Waals surface area (Å²) in [4.78, 5) is 32.5. The molecule has 51 heavy (non-hydrogen) atoms. The number of imidazole rings is 1. The smallest absolute Gasteiger partial charge is 0.392 e. The zero-order valence-electron chi connectivity index (χ0n) is 27.8. The van der Waals surface area contributed by atoms with E-state index in [9.17, 15) is 27.9 Å². The second kappa shape index (κ2) is 13.2. The Kier molecular flexibility index (Phi) is 8.92. The SMILES string of the molecule is CN1CCc2cc(C(=O)c3cc(F)c(NC(=O)/C=C/CN[C@H]4CCCC[C@@H]4O)c(F)c3)n3cccc(c23)-c2c(C(F)(F)F)cc3c(ncn3C)c21. The normalized spacial score (nSPS) is 17.9. The summed E-state index contributed by atoms with van der Waals surface area (Å²) >= 11 is 0. The molecule has 4 heterocycles. The lowest BCUT2D eigenvalue weighted by atomic mass is 9.92. The molecule has 14 heteroatoms. The highest BCUT2D eigenvalue weighted by Gasteiger charge is 2.39. The van der Waals surface area contributed by atoms with Crippen molar-refractivity contribution in [3.8, 4) is 11.1 Å². The fourth-order valence-corrected chi connectivity index (χ4v) is 7.29. The number of ketones is 1. The van der Waals surface area contributed by atoms with Gasteiger partial charge in [-0.1, -0.05) is 25.0 Å². The molecule has 3 N–H and O–H groups in total. The van der Waals surface area contributed by atoms with E-state index in [4.69, 9.17) is 0 Å². The van der Waals surface area contributed by atoms with E-state index < -0.39 is 46.9 Å². The predicted octanol–water partition coefficient (Wildman–Crippen LogP) is 6.40. The van der Waals surface area contributed by atoms with Crippen LogP contribution in [-0.2, 0) is 24.4 Å². The molecule has 2 aromatic carbocycles. The molecule has 1 fully saturated rings. The number of halogens is 5. The molecule has 0 saturated heterocycles. The lowest BCUT2D eigenvalue weighted by Gasteiger charge is -2.28. The van der Waals surface area contributed by atoms with Crippen molar-refractivity contribution in [2.75, 3.05) is 30.4 Å². The zero-order chi connectivity index (χ0) is 36.2. The Morgan fingerprint density at radius 2 is 1.82 bits per heavy atom. The van der Waals surface area contributed by atoms with Crippen LogP contribution in [0.2, 0.25) is 0 Å². The first-order valence-electron chi connectivity index (χ1n) is 16.7. The Balaban J connectivity index is 1.21. The number of carbonyl (C=O) groups is 2. The van der Waals surface area contributed by atoms with Crippen molar-refractivity contribution in [1.82, 2.24) is 19.3 Å². The standard InChI is InChI=1S/C37H35F5N6O3/c1-46-14-11-20-17-28(48-13-6-7-22(34(20)48)31-23(37(40,41)42)18-27-33(35(31)46)44-19-47(27)2)36(51)21-15-24(38)32(25(39)16-21)45-30(50)10-5-12-43-26-8-3-4-9-29(26)49/h5-7,10,13,15-19,26,29,43,49H,3-4,8-9,11-12,14H2,1-2H3,(H,45,50)/b10-5+/t26-,29-/m0/s1. The van der Waals surface area contributed by atoms with Gasteiger partial charge in [-0.15, -0.1) is 0 Å². The van der Waals surface area contributed by atoms with Gasteiger partial charge in [-0.2, -0.15) is 13.2 Å². The molecular formula is C37H35F5N6O3. The Hall–Kier alpha value is -5.08. The second-order valence-corrected chi connectivity index (χ2v) is 13.1. The van der Waals surface area contributed by atoms with E-state index in [1.807, 2.05) is 0 Å². The van der Waals surface area contributed by atoms with E-state index in [1.54, 1.807) is 31.1 Å². The molecule has 1 aliphatic carbocycles. The van der Waals surface area contributed by atoms with Gasteiger partial charge in [0.05, 0.1) is 40.4 Å². The number of amides is 1. The number of aromatic nitrogens is 3. The van der Waals surface area contributed by atoms with Crippen LogP contribution < -0.4 is 15.5 Å². The van der Waals surface area contributed by atoms with E-state index in [-0.39, 0.29) is 35.0 Å². The largest absolute Gasteiger partial charge is 0.417 e. The molecular weight excluding hydrogens is 671 g/mol. The lowest BCUT2D eigenvalue weighted by Crippen LogP contribution is -2.42. The van der Waals surface area contributed by atoms with Gasteiger partial charge in [-0.3, -0.25) is 9.59 Å². The number of fused-ring (bicyclic) bond motifs is 4. The average Bonchev–Trinajstić information content (AvgIpc) is 3.65. The third kappa shape index (κ3) is 6.27. The fraction of sp³-hybridized carbons (Fsp3) is 0.324. The van der Waals surface area contributed by atoms with E-state index >= 15 is 8.78 Å². The Labute approximate surface area is 289 Å². The summed E-state index contributed by atoms with van der Waals surface area (Å²) in [6, 6.07) is 7.26. The van der Waals surface area contributed by atoms with Crippen molar-refractivity contribution in [3.63, 3.8) is 0 Å². The van der Waals surface area contributed by atoms with Crippen molar-refractivity contribution in [2.24, 2.45) is 7.05 Å². The number of nitrogens with zero attached hydrogens (tertiary/aromatic N) is 4. The summed E-state index contributed by atoms with van der Waals surface area (Å²) in [5, 5.41) is 15.4. The Morgan fingerprint density at radius 3 is 2.55 bits per heavy atom. The highest BCUT2D eigenvalue weighted by molar-refractivity contribution is 6.11. The first-order chi connectivity index (χ1) is 24.3. The number of carbonyl (C=O) groups excluding carboxylic acids is 2. The monoisotopic (exact) mass is 706 g/mol. The van der Waals surface area contributed by atoms with Crippen molar-refractivity contribution < 1.29 is 36.6 Å². The summed E-state index contributed by atoms with van der Waals surface area (Å²) in [5.74, 6) is -3.89. The highest BCUT2D eigenvalue weighted by Crippen LogP contribution is 2.48. The van der Waals surface area contributed by atoms with Crippen LogP contribution in [0.4, 0.5) is 33.3 Å². The van der Waals surface area contributed by atoms with Crippen molar-refractivity contribution in [3.05, 3.63) is 95.1 Å². The maximum absolute atomic E-state index is 15.3. The molecule has 1 aliphatic heterocycles. The number of aliphatic hydroxyl groups excluding tert-OH is 1. The van der Waals surface area contributed by atoms with Gasteiger partial charge in [0.25, 0.3) is 0 Å². The molecule has 1 saturated carbocycles. The van der Waals surface area contributed by atoms with Gasteiger partial charge in [0.15, 0.2) is 0 Å². The fourth-order valence-electron chi connectivity index (χ4n) is 7.29. The number of benzene rings is 2. The van der Waals surface area contributed by atoms with Crippen LogP contribution >= 0.6 is 0 Å². The van der Waals surface area contributed by atoms with Gasteiger partial charge in [-0.25, -0.2) is 13.8 Å². The number of anilines is 2. The molecule has 0 spiro atoms. The number of aliphatic hydroxyl groups is 1. The maximum Gasteiger partial charge on any atom is 0.417 e. The van der Waals surface area contributed by atoms with Crippen LogP contribution in [0.5, 0.6) is 0 Å². The van der Waals surface area contributed by atoms with Gasteiger partial charge in [0.1, 0.15) is 22.8 Å². The molecule has 0 unspecified atom stereocenters. The number of likely N-dealkylation sites (N-methyl/N-ethyl adjacent to an activating group) is 1. The molecule has 2 aliphatic rings. The van der Waals surface area contributed by atoms with Crippen LogP contribution in [0, 0.1) is 11.6 Å². The van der Waals surface area contributed by atoms with Crippen LogP contribution in [0.15, 0.2) is 61.1 Å². The Bertz CT molecular complexity index is 2200. The molecule has 0 bridgehead atoms. The molecule has 5 aromatic rings. The van der Waals surface area contributed by atoms with E-state index in [2.05, 4.69) is 15.6 Å². The molecule has 0 radical (unpaired) electrons. The number of hydrogen-bond acceptors (Lipinski definition) is 6. The van der Waals surface area contributed by atoms with Crippen LogP contribution in [-0.4, -0.2) is 63.0 Å². The summed E-state index contributed by atoms with van der Waals surface area (Å²) < 4.78 is 77.8. The molecule has 3 aromatic heterocycles.